The molecule has 24 heavy (non-hydrogen) atoms. The minimum atomic E-state index is 0.190. The third-order valence-corrected chi connectivity index (χ3v) is 3.95. The number of rotatable bonds is 9. The van der Waals surface area contributed by atoms with Gasteiger partial charge in [0.25, 0.3) is 0 Å². The summed E-state index contributed by atoms with van der Waals surface area (Å²) in [4.78, 5) is 0. The van der Waals surface area contributed by atoms with Gasteiger partial charge in [0.15, 0.2) is 11.5 Å². The molecule has 0 saturated heterocycles. The first-order chi connectivity index (χ1) is 11.7. The lowest BCUT2D eigenvalue weighted by atomic mass is 9.91. The fourth-order valence-corrected chi connectivity index (χ4v) is 2.83. The van der Waals surface area contributed by atoms with Crippen molar-refractivity contribution < 1.29 is 14.2 Å². The van der Waals surface area contributed by atoms with Crippen molar-refractivity contribution in [1.82, 2.24) is 0 Å². The Labute approximate surface area is 144 Å². The summed E-state index contributed by atoms with van der Waals surface area (Å²) in [5, 5.41) is 0. The van der Waals surface area contributed by atoms with Crippen LogP contribution in [0.5, 0.6) is 17.2 Å². The fraction of sp³-hybridized carbons (Fsp3) is 0.400. The minimum Gasteiger partial charge on any atom is -0.494 e. The monoisotopic (exact) mass is 329 g/mol. The third kappa shape index (κ3) is 4.42. The first-order valence-corrected chi connectivity index (χ1v) is 8.44. The zero-order chi connectivity index (χ0) is 17.4. The Balaban J connectivity index is 2.26. The van der Waals surface area contributed by atoms with Gasteiger partial charge in [-0.1, -0.05) is 24.3 Å². The average Bonchev–Trinajstić information content (AvgIpc) is 2.61. The molecular formula is C20H27NO3. The largest absolute Gasteiger partial charge is 0.494 e. The smallest absolute Gasteiger partial charge is 0.161 e. The Kier molecular flexibility index (Phi) is 6.94. The Morgan fingerprint density at radius 2 is 1.62 bits per heavy atom. The van der Waals surface area contributed by atoms with E-state index in [1.807, 2.05) is 44.2 Å². The van der Waals surface area contributed by atoms with Gasteiger partial charge in [-0.25, -0.2) is 0 Å². The topological polar surface area (TPSA) is 53.7 Å². The van der Waals surface area contributed by atoms with Gasteiger partial charge in [-0.2, -0.15) is 0 Å². The van der Waals surface area contributed by atoms with E-state index in [1.54, 1.807) is 7.11 Å². The van der Waals surface area contributed by atoms with E-state index in [9.17, 15) is 0 Å². The Hall–Kier alpha value is -2.20. The van der Waals surface area contributed by atoms with Gasteiger partial charge in [-0.05, 0) is 56.1 Å². The van der Waals surface area contributed by atoms with Crippen LogP contribution in [0.15, 0.2) is 42.5 Å². The van der Waals surface area contributed by atoms with Crippen molar-refractivity contribution in [1.29, 1.82) is 0 Å². The first-order valence-electron chi connectivity index (χ1n) is 8.44. The van der Waals surface area contributed by atoms with Crippen LogP contribution in [0.4, 0.5) is 0 Å². The van der Waals surface area contributed by atoms with E-state index < -0.39 is 0 Å². The molecule has 4 heteroatoms. The van der Waals surface area contributed by atoms with Crippen LogP contribution < -0.4 is 19.9 Å². The lowest BCUT2D eigenvalue weighted by molar-refractivity contribution is 0.310. The molecule has 0 aliphatic heterocycles. The van der Waals surface area contributed by atoms with Crippen LogP contribution in [0.25, 0.3) is 0 Å². The first kappa shape index (κ1) is 18.1. The average molecular weight is 329 g/mol. The summed E-state index contributed by atoms with van der Waals surface area (Å²) >= 11 is 0. The number of para-hydroxylation sites is 1. The number of ether oxygens (including phenoxy) is 3. The van der Waals surface area contributed by atoms with Gasteiger partial charge in [-0.3, -0.25) is 0 Å². The molecule has 130 valence electrons. The molecule has 2 aromatic rings. The van der Waals surface area contributed by atoms with Crippen LogP contribution in [0.3, 0.4) is 0 Å². The second-order valence-corrected chi connectivity index (χ2v) is 5.53. The van der Waals surface area contributed by atoms with Gasteiger partial charge >= 0.3 is 0 Å². The van der Waals surface area contributed by atoms with Crippen LogP contribution in [-0.2, 0) is 6.42 Å². The van der Waals surface area contributed by atoms with E-state index in [-0.39, 0.29) is 5.92 Å². The quantitative estimate of drug-likeness (QED) is 0.761. The Bertz CT molecular complexity index is 643. The highest BCUT2D eigenvalue weighted by atomic mass is 16.5. The number of hydrogen-bond acceptors (Lipinski definition) is 4. The second-order valence-electron chi connectivity index (χ2n) is 5.53. The molecule has 0 aliphatic rings. The number of methoxy groups -OCH3 is 1. The number of benzene rings is 2. The summed E-state index contributed by atoms with van der Waals surface area (Å²) in [6.45, 7) is 5.76. The lowest BCUT2D eigenvalue weighted by Crippen LogP contribution is -2.16. The number of hydrogen-bond donors (Lipinski definition) is 1. The maximum atomic E-state index is 6.06. The number of nitrogens with two attached hydrogens (primary N) is 1. The van der Waals surface area contributed by atoms with Gasteiger partial charge in [0.1, 0.15) is 5.75 Å². The molecule has 4 nitrogen and oxygen atoms in total. The van der Waals surface area contributed by atoms with Crippen LogP contribution in [0, 0.1) is 0 Å². The highest BCUT2D eigenvalue weighted by molar-refractivity contribution is 5.44. The van der Waals surface area contributed by atoms with E-state index in [1.165, 1.54) is 5.56 Å². The van der Waals surface area contributed by atoms with Gasteiger partial charge in [-0.15, -0.1) is 0 Å². The molecule has 0 fully saturated rings. The predicted octanol–water partition coefficient (Wildman–Crippen LogP) is 3.78. The molecule has 0 aromatic heterocycles. The van der Waals surface area contributed by atoms with Crippen molar-refractivity contribution in [2.75, 3.05) is 26.9 Å². The summed E-state index contributed by atoms with van der Waals surface area (Å²) in [6.07, 6.45) is 0.824. The van der Waals surface area contributed by atoms with Crippen LogP contribution in [0.2, 0.25) is 0 Å². The van der Waals surface area contributed by atoms with Gasteiger partial charge in [0.05, 0.1) is 20.3 Å². The summed E-state index contributed by atoms with van der Waals surface area (Å²) < 4.78 is 16.8. The Morgan fingerprint density at radius 3 is 2.29 bits per heavy atom. The zero-order valence-corrected chi connectivity index (χ0v) is 14.7. The minimum absolute atomic E-state index is 0.190. The molecule has 2 aromatic carbocycles. The summed E-state index contributed by atoms with van der Waals surface area (Å²) in [6, 6.07) is 14.2. The van der Waals surface area contributed by atoms with E-state index in [2.05, 4.69) is 12.1 Å². The van der Waals surface area contributed by atoms with Crippen molar-refractivity contribution in [3.05, 3.63) is 53.6 Å². The molecule has 0 aliphatic carbocycles. The van der Waals surface area contributed by atoms with Crippen molar-refractivity contribution in [2.24, 2.45) is 5.73 Å². The molecule has 0 bridgehead atoms. The van der Waals surface area contributed by atoms with E-state index >= 15 is 0 Å². The third-order valence-electron chi connectivity index (χ3n) is 3.95. The molecule has 1 unspecified atom stereocenters. The molecule has 0 heterocycles. The summed E-state index contributed by atoms with van der Waals surface area (Å²) in [5.41, 5.74) is 8.38. The Morgan fingerprint density at radius 1 is 0.917 bits per heavy atom. The summed E-state index contributed by atoms with van der Waals surface area (Å²) in [5.74, 6) is 2.62. The molecule has 2 N–H and O–H groups in total. The van der Waals surface area contributed by atoms with Crippen LogP contribution in [0.1, 0.15) is 30.9 Å². The van der Waals surface area contributed by atoms with Gasteiger partial charge in [0, 0.05) is 5.92 Å². The van der Waals surface area contributed by atoms with Crippen molar-refractivity contribution in [3.8, 4) is 17.2 Å². The second kappa shape index (κ2) is 9.18. The van der Waals surface area contributed by atoms with Gasteiger partial charge < -0.3 is 19.9 Å². The highest BCUT2D eigenvalue weighted by Crippen LogP contribution is 2.32. The normalized spacial score (nSPS) is 11.8. The van der Waals surface area contributed by atoms with E-state index in [4.69, 9.17) is 19.9 Å². The van der Waals surface area contributed by atoms with E-state index in [0.29, 0.717) is 19.8 Å². The van der Waals surface area contributed by atoms with Gasteiger partial charge in [0.2, 0.25) is 0 Å². The zero-order valence-electron chi connectivity index (χ0n) is 14.7. The summed E-state index contributed by atoms with van der Waals surface area (Å²) in [7, 11) is 1.65. The SMILES string of the molecule is CCOc1cc(CC(CN)c2ccccc2OCC)ccc1OC. The maximum Gasteiger partial charge on any atom is 0.161 e. The molecule has 0 saturated carbocycles. The lowest BCUT2D eigenvalue weighted by Gasteiger charge is -2.20. The molecule has 0 spiro atoms. The van der Waals surface area contributed by atoms with Crippen molar-refractivity contribution in [3.63, 3.8) is 0 Å². The molecule has 0 amide bonds. The highest BCUT2D eigenvalue weighted by Gasteiger charge is 2.16. The maximum absolute atomic E-state index is 6.06. The van der Waals surface area contributed by atoms with Crippen LogP contribution in [-0.4, -0.2) is 26.9 Å². The van der Waals surface area contributed by atoms with E-state index in [0.717, 1.165) is 29.2 Å². The van der Waals surface area contributed by atoms with Crippen LogP contribution >= 0.6 is 0 Å². The molecular weight excluding hydrogens is 302 g/mol. The molecule has 0 radical (unpaired) electrons. The molecule has 2 rings (SSSR count). The van der Waals surface area contributed by atoms with Crippen molar-refractivity contribution >= 4 is 0 Å². The predicted molar refractivity (Wildman–Crippen MR) is 97.3 cm³/mol. The fourth-order valence-electron chi connectivity index (χ4n) is 2.83. The van der Waals surface area contributed by atoms with Crippen molar-refractivity contribution in [2.45, 2.75) is 26.2 Å². The standard InChI is InChI=1S/C20H27NO3/c1-4-23-18-9-7-6-8-17(18)16(14-21)12-15-10-11-19(22-3)20(13-15)24-5-2/h6-11,13,16H,4-5,12,14,21H2,1-3H3. The molecule has 1 atom stereocenters.